The second-order valence-corrected chi connectivity index (χ2v) is 9.50. The maximum absolute atomic E-state index is 13.8. The van der Waals surface area contributed by atoms with Crippen LogP contribution in [-0.2, 0) is 12.6 Å². The highest BCUT2D eigenvalue weighted by molar-refractivity contribution is 5.98. The number of Topliss-reactive ketones (excluding diaryl/α,β-unsaturated/α-hetero) is 1. The number of ketones is 1. The summed E-state index contributed by atoms with van der Waals surface area (Å²) in [4.78, 5) is 32.9. The Kier molecular flexibility index (Phi) is 11.2. The molecule has 224 valence electrons. The quantitative estimate of drug-likeness (QED) is 0.188. The van der Waals surface area contributed by atoms with Crippen LogP contribution in [-0.4, -0.2) is 40.8 Å². The van der Waals surface area contributed by atoms with Crippen LogP contribution in [0.25, 0.3) is 0 Å². The third kappa shape index (κ3) is 8.16. The maximum Gasteiger partial charge on any atom is 0.423 e. The molecule has 0 spiro atoms. The highest BCUT2D eigenvalue weighted by Gasteiger charge is 2.37. The molecule has 1 amide bonds. The van der Waals surface area contributed by atoms with Crippen molar-refractivity contribution >= 4 is 23.3 Å². The zero-order valence-corrected chi connectivity index (χ0v) is 24.2. The van der Waals surface area contributed by atoms with Crippen molar-refractivity contribution in [3.05, 3.63) is 83.1 Å². The predicted molar refractivity (Wildman–Crippen MR) is 157 cm³/mol. The van der Waals surface area contributed by atoms with E-state index in [2.05, 4.69) is 32.5 Å². The van der Waals surface area contributed by atoms with Gasteiger partial charge in [0.25, 0.3) is 5.91 Å². The van der Waals surface area contributed by atoms with E-state index in [1.165, 1.54) is 13.0 Å². The SMILES string of the molecule is C=CCc1cccc(Oc2nc(Nc3ccc(C(=O)NC4CCNCC4)cc3C)ncc2C(F)(F)F)c1C(C)=O.CC. The molecule has 0 saturated carbocycles. The van der Waals surface area contributed by atoms with Crippen molar-refractivity contribution in [3.63, 3.8) is 0 Å². The van der Waals surface area contributed by atoms with Crippen LogP contribution in [0.4, 0.5) is 24.8 Å². The number of aromatic nitrogens is 2. The van der Waals surface area contributed by atoms with Crippen molar-refractivity contribution in [2.75, 3.05) is 18.4 Å². The van der Waals surface area contributed by atoms with Crippen molar-refractivity contribution in [3.8, 4) is 11.6 Å². The molecule has 0 unspecified atom stereocenters. The Bertz CT molecular complexity index is 1420. The van der Waals surface area contributed by atoms with Gasteiger partial charge in [-0.1, -0.05) is 32.1 Å². The van der Waals surface area contributed by atoms with Crippen LogP contribution in [0.5, 0.6) is 11.6 Å². The zero-order chi connectivity index (χ0) is 30.9. The predicted octanol–water partition coefficient (Wildman–Crippen LogP) is 6.78. The molecule has 3 aromatic rings. The molecule has 0 aliphatic carbocycles. The summed E-state index contributed by atoms with van der Waals surface area (Å²) in [6.45, 7) is 12.4. The summed E-state index contributed by atoms with van der Waals surface area (Å²) in [6.07, 6.45) is -0.548. The van der Waals surface area contributed by atoms with Gasteiger partial charge in [-0.3, -0.25) is 9.59 Å². The number of aryl methyl sites for hydroxylation is 1. The first-order chi connectivity index (χ1) is 20.1. The van der Waals surface area contributed by atoms with Crippen molar-refractivity contribution in [1.29, 1.82) is 0 Å². The van der Waals surface area contributed by atoms with Crippen LogP contribution < -0.4 is 20.7 Å². The Balaban J connectivity index is 0.00000237. The number of halogens is 3. The van der Waals surface area contributed by atoms with Crippen molar-refractivity contribution in [1.82, 2.24) is 20.6 Å². The van der Waals surface area contributed by atoms with Gasteiger partial charge in [0.05, 0.1) is 5.56 Å². The number of benzene rings is 2. The number of alkyl halides is 3. The minimum Gasteiger partial charge on any atom is -0.437 e. The van der Waals surface area contributed by atoms with E-state index < -0.39 is 17.6 Å². The van der Waals surface area contributed by atoms with Crippen LogP contribution in [0.15, 0.2) is 55.3 Å². The number of carbonyl (C=O) groups is 2. The van der Waals surface area contributed by atoms with E-state index in [9.17, 15) is 22.8 Å². The number of allylic oxidation sites excluding steroid dienone is 1. The third-order valence-electron chi connectivity index (χ3n) is 6.50. The summed E-state index contributed by atoms with van der Waals surface area (Å²) < 4.78 is 47.1. The molecule has 3 N–H and O–H groups in total. The molecule has 1 aliphatic rings. The van der Waals surface area contributed by atoms with Crippen LogP contribution in [0.3, 0.4) is 0 Å². The van der Waals surface area contributed by atoms with Gasteiger partial charge in [-0.05, 0) is 81.6 Å². The summed E-state index contributed by atoms with van der Waals surface area (Å²) in [5.74, 6) is -1.51. The molecule has 0 radical (unpaired) electrons. The summed E-state index contributed by atoms with van der Waals surface area (Å²) in [6, 6.07) is 9.73. The lowest BCUT2D eigenvalue weighted by Gasteiger charge is -2.23. The number of nitrogens with one attached hydrogen (secondary N) is 3. The summed E-state index contributed by atoms with van der Waals surface area (Å²) >= 11 is 0. The van der Waals surface area contributed by atoms with E-state index in [1.807, 2.05) is 13.8 Å². The van der Waals surface area contributed by atoms with Gasteiger partial charge >= 0.3 is 6.18 Å². The van der Waals surface area contributed by atoms with Gasteiger partial charge in [0.15, 0.2) is 5.78 Å². The molecule has 11 heteroatoms. The zero-order valence-electron chi connectivity index (χ0n) is 24.2. The van der Waals surface area contributed by atoms with Gasteiger partial charge in [0.2, 0.25) is 11.8 Å². The normalized spacial score (nSPS) is 13.4. The monoisotopic (exact) mass is 583 g/mol. The van der Waals surface area contributed by atoms with E-state index in [4.69, 9.17) is 4.74 Å². The van der Waals surface area contributed by atoms with E-state index in [1.54, 1.807) is 43.3 Å². The molecule has 1 fully saturated rings. The van der Waals surface area contributed by atoms with E-state index in [0.717, 1.165) is 25.9 Å². The fourth-order valence-corrected chi connectivity index (χ4v) is 4.49. The lowest BCUT2D eigenvalue weighted by molar-refractivity contribution is -0.139. The molecule has 0 atom stereocenters. The van der Waals surface area contributed by atoms with E-state index >= 15 is 0 Å². The second-order valence-electron chi connectivity index (χ2n) is 9.50. The molecule has 0 bridgehead atoms. The van der Waals surface area contributed by atoms with Crippen molar-refractivity contribution < 1.29 is 27.5 Å². The smallest absolute Gasteiger partial charge is 0.423 e. The first-order valence-electron chi connectivity index (χ1n) is 13.8. The Labute approximate surface area is 243 Å². The number of carbonyl (C=O) groups excluding carboxylic acids is 2. The Morgan fingerprint density at radius 1 is 1.17 bits per heavy atom. The maximum atomic E-state index is 13.8. The highest BCUT2D eigenvalue weighted by Crippen LogP contribution is 2.38. The number of hydrogen-bond acceptors (Lipinski definition) is 7. The van der Waals surface area contributed by atoms with Gasteiger partial charge in [-0.15, -0.1) is 6.58 Å². The number of hydrogen-bond donors (Lipinski definition) is 3. The fourth-order valence-electron chi connectivity index (χ4n) is 4.49. The summed E-state index contributed by atoms with van der Waals surface area (Å²) in [5.41, 5.74) is 1.17. The lowest BCUT2D eigenvalue weighted by atomic mass is 10.0. The first-order valence-corrected chi connectivity index (χ1v) is 13.8. The number of piperidine rings is 1. The van der Waals surface area contributed by atoms with E-state index in [-0.39, 0.29) is 35.0 Å². The number of rotatable bonds is 9. The average molecular weight is 584 g/mol. The highest BCUT2D eigenvalue weighted by atomic mass is 19.4. The molecule has 42 heavy (non-hydrogen) atoms. The molecular formula is C31H36F3N5O3. The summed E-state index contributed by atoms with van der Waals surface area (Å²) in [5, 5.41) is 9.18. The van der Waals surface area contributed by atoms with Crippen LogP contribution in [0.1, 0.15) is 71.0 Å². The first kappa shape index (κ1) is 32.3. The van der Waals surface area contributed by atoms with Gasteiger partial charge in [0.1, 0.15) is 11.3 Å². The van der Waals surface area contributed by atoms with Crippen molar-refractivity contribution in [2.24, 2.45) is 0 Å². The minimum absolute atomic E-state index is 0.0534. The molecule has 1 aliphatic heterocycles. The lowest BCUT2D eigenvalue weighted by Crippen LogP contribution is -2.42. The van der Waals surface area contributed by atoms with Gasteiger partial charge < -0.3 is 20.7 Å². The van der Waals surface area contributed by atoms with E-state index in [0.29, 0.717) is 35.0 Å². The van der Waals surface area contributed by atoms with Gasteiger partial charge in [0, 0.05) is 23.5 Å². The van der Waals surface area contributed by atoms with Crippen LogP contribution in [0, 0.1) is 6.92 Å². The Morgan fingerprint density at radius 2 is 1.88 bits per heavy atom. The second kappa shape index (κ2) is 14.6. The topological polar surface area (TPSA) is 105 Å². The number of nitrogens with zero attached hydrogens (tertiary/aromatic N) is 2. The molecule has 1 saturated heterocycles. The Morgan fingerprint density at radius 3 is 2.50 bits per heavy atom. The third-order valence-corrected chi connectivity index (χ3v) is 6.50. The standard InChI is InChI=1S/C29H30F3N5O3.C2H6/c1-4-6-19-7-5-8-24(25(19)18(3)38)40-27-22(29(30,31)32)16-34-28(37-27)36-23-10-9-20(15-17(23)2)26(39)35-21-11-13-33-14-12-21;1-2/h4-5,7-10,15-16,21,33H,1,6,11-14H2,2-3H3,(H,35,39)(H,34,36,37);1-2H3. The average Bonchev–Trinajstić information content (AvgIpc) is 2.95. The largest absolute Gasteiger partial charge is 0.437 e. The van der Waals surface area contributed by atoms with Crippen LogP contribution in [0.2, 0.25) is 0 Å². The van der Waals surface area contributed by atoms with Crippen LogP contribution >= 0.6 is 0 Å². The molecular weight excluding hydrogens is 547 g/mol. The minimum atomic E-state index is -4.80. The molecule has 2 aromatic carbocycles. The number of amides is 1. The molecule has 4 rings (SSSR count). The summed E-state index contributed by atoms with van der Waals surface area (Å²) in [7, 11) is 0. The number of anilines is 2. The fraction of sp³-hybridized carbons (Fsp3) is 0.355. The van der Waals surface area contributed by atoms with Crippen molar-refractivity contribution in [2.45, 2.75) is 59.2 Å². The van der Waals surface area contributed by atoms with Gasteiger partial charge in [-0.25, -0.2) is 4.98 Å². The number of ether oxygens (including phenoxy) is 1. The molecule has 1 aromatic heterocycles. The molecule has 8 nitrogen and oxygen atoms in total. The van der Waals surface area contributed by atoms with Gasteiger partial charge in [-0.2, -0.15) is 18.2 Å². The molecule has 2 heterocycles. The Hall–Kier alpha value is -4.25.